The maximum atomic E-state index is 4.84. The van der Waals surface area contributed by atoms with Crippen molar-refractivity contribution in [1.29, 1.82) is 0 Å². The van der Waals surface area contributed by atoms with Crippen LogP contribution in [0.5, 0.6) is 0 Å². The van der Waals surface area contributed by atoms with Crippen molar-refractivity contribution in [3.8, 4) is 33.9 Å². The Labute approximate surface area is 339 Å². The van der Waals surface area contributed by atoms with Crippen molar-refractivity contribution in [2.45, 2.75) is 27.7 Å². The third-order valence-electron chi connectivity index (χ3n) is 7.36. The minimum atomic E-state index is 0. The average Bonchev–Trinajstić information content (AvgIpc) is 3.05. The molecule has 0 N–H and O–H groups in total. The minimum absolute atomic E-state index is 0. The molecule has 0 saturated heterocycles. The summed E-state index contributed by atoms with van der Waals surface area (Å²) in [5.41, 5.74) is 13.5. The van der Waals surface area contributed by atoms with Gasteiger partial charge in [0.15, 0.2) is 0 Å². The summed E-state index contributed by atoms with van der Waals surface area (Å²) in [5, 5.41) is 0. The molecule has 12 heteroatoms. The molecule has 0 unspecified atom stereocenters. The maximum absolute atomic E-state index is 4.84. The van der Waals surface area contributed by atoms with Gasteiger partial charge in [0.25, 0.3) is 0 Å². The average molecular weight is 830 g/mol. The van der Waals surface area contributed by atoms with E-state index >= 15 is 0 Å². The summed E-state index contributed by atoms with van der Waals surface area (Å²) in [5.74, 6) is 0. The van der Waals surface area contributed by atoms with Crippen LogP contribution in [0.4, 0.5) is 11.4 Å². The summed E-state index contributed by atoms with van der Waals surface area (Å²) >= 11 is 0. The summed E-state index contributed by atoms with van der Waals surface area (Å²) in [6.45, 7) is 8.41. The minimum Gasteiger partial charge on any atom is -0.255 e. The van der Waals surface area contributed by atoms with E-state index in [1.54, 1.807) is 12.4 Å². The van der Waals surface area contributed by atoms with Gasteiger partial charge in [-0.15, -0.1) is 49.6 Å². The van der Waals surface area contributed by atoms with Crippen molar-refractivity contribution in [2.24, 2.45) is 9.98 Å². The first-order chi connectivity index (χ1) is 21.4. The van der Waals surface area contributed by atoms with E-state index in [4.69, 9.17) is 20.0 Å². The van der Waals surface area contributed by atoms with Crippen LogP contribution < -0.4 is 0 Å². The molecule has 50 heavy (non-hydrogen) atoms. The van der Waals surface area contributed by atoms with Gasteiger partial charge < -0.3 is 0 Å². The fourth-order valence-corrected chi connectivity index (χ4v) is 5.27. The molecule has 2 aromatic carbocycles. The smallest absolute Gasteiger partial charge is 0.0894 e. The van der Waals surface area contributed by atoms with E-state index in [-0.39, 0.29) is 83.8 Å². The first kappa shape index (κ1) is 46.6. The van der Waals surface area contributed by atoms with E-state index in [0.29, 0.717) is 0 Å². The van der Waals surface area contributed by atoms with Crippen molar-refractivity contribution < 1.29 is 34.1 Å². The van der Waals surface area contributed by atoms with E-state index < -0.39 is 0 Å². The SMILES string of the molecule is Cc1cc(-c2cc(C)c(N=Cc3cccc(-c4ccccn4)n3)c(C)c2)cc(C)c1N=Cc1cccc(-c2ccccn2)n1.Cl.Cl.Cl.Cl.[Fe].[Fe]. The molecule has 6 rings (SSSR count). The Morgan fingerprint density at radius 3 is 1.10 bits per heavy atom. The van der Waals surface area contributed by atoms with Gasteiger partial charge in [-0.1, -0.05) is 24.3 Å². The molecular formula is C38H36Cl4Fe2N6. The van der Waals surface area contributed by atoms with Crippen LogP contribution in [0.3, 0.4) is 0 Å². The Hall–Kier alpha value is -3.42. The molecule has 6 nitrogen and oxygen atoms in total. The standard InChI is InChI=1S/C38H32N6.4ClH.2Fe/c1-25-19-29(20-26(2)37(25)41-23-31-11-9-15-35(43-31)33-13-5-7-17-39-33)30-21-27(3)38(28(4)22-30)42-24-32-12-10-16-36(44-32)34-14-6-8-18-40-34;;;;;;/h5-24H,1-4H3;4*1H;;. The Balaban J connectivity index is 0.00000400. The third kappa shape index (κ3) is 11.3. The van der Waals surface area contributed by atoms with Crippen molar-refractivity contribution >= 4 is 73.4 Å². The van der Waals surface area contributed by atoms with Crippen LogP contribution in [0.1, 0.15) is 33.6 Å². The van der Waals surface area contributed by atoms with E-state index in [9.17, 15) is 0 Å². The zero-order valence-corrected chi connectivity index (χ0v) is 33.0. The Morgan fingerprint density at radius 1 is 0.440 bits per heavy atom. The number of hydrogen-bond donors (Lipinski definition) is 0. The molecule has 6 aromatic rings. The Morgan fingerprint density at radius 2 is 0.780 bits per heavy atom. The van der Waals surface area contributed by atoms with E-state index in [1.165, 1.54) is 0 Å². The number of hydrogen-bond acceptors (Lipinski definition) is 6. The molecule has 0 aliphatic rings. The van der Waals surface area contributed by atoms with E-state index in [2.05, 4.69) is 61.9 Å². The van der Waals surface area contributed by atoms with Gasteiger partial charge in [0.1, 0.15) is 0 Å². The van der Waals surface area contributed by atoms with Crippen molar-refractivity contribution in [1.82, 2.24) is 19.9 Å². The first-order valence-corrected chi connectivity index (χ1v) is 14.5. The van der Waals surface area contributed by atoms with Crippen LogP contribution in [0.2, 0.25) is 0 Å². The second-order valence-electron chi connectivity index (χ2n) is 10.8. The molecule has 0 spiro atoms. The Bertz CT molecular complexity index is 1840. The normalized spacial score (nSPS) is 10.1. The topological polar surface area (TPSA) is 76.3 Å². The fraction of sp³-hybridized carbons (Fsp3) is 0.105. The Kier molecular flexibility index (Phi) is 20.2. The molecule has 4 aromatic heterocycles. The summed E-state index contributed by atoms with van der Waals surface area (Å²) in [4.78, 5) is 28.0. The molecule has 4 heterocycles. The molecule has 262 valence electrons. The second kappa shape index (κ2) is 21.7. The van der Waals surface area contributed by atoms with Gasteiger partial charge in [-0.2, -0.15) is 0 Å². The van der Waals surface area contributed by atoms with Gasteiger partial charge in [-0.3, -0.25) is 20.0 Å². The molecular weight excluding hydrogens is 794 g/mol. The number of benzene rings is 2. The number of aromatic nitrogens is 4. The van der Waals surface area contributed by atoms with Crippen LogP contribution in [0.15, 0.2) is 119 Å². The van der Waals surface area contributed by atoms with Gasteiger partial charge in [-0.05, 0) is 134 Å². The molecule has 0 saturated carbocycles. The number of pyridine rings is 4. The molecule has 0 bridgehead atoms. The zero-order chi connectivity index (χ0) is 30.5. The first-order valence-electron chi connectivity index (χ1n) is 14.5. The van der Waals surface area contributed by atoms with Crippen LogP contribution in [0, 0.1) is 27.7 Å². The van der Waals surface area contributed by atoms with Crippen LogP contribution in [-0.2, 0) is 34.1 Å². The van der Waals surface area contributed by atoms with Gasteiger partial charge in [-0.25, -0.2) is 9.97 Å². The summed E-state index contributed by atoms with van der Waals surface area (Å²) < 4.78 is 0. The molecule has 0 fully saturated rings. The largest absolute Gasteiger partial charge is 0.255 e. The predicted octanol–water partition coefficient (Wildman–Crippen LogP) is 10.7. The second-order valence-corrected chi connectivity index (χ2v) is 10.8. The maximum Gasteiger partial charge on any atom is 0.0894 e. The predicted molar refractivity (Wildman–Crippen MR) is 209 cm³/mol. The number of nitrogens with zero attached hydrogens (tertiary/aromatic N) is 6. The molecule has 0 radical (unpaired) electrons. The van der Waals surface area contributed by atoms with Gasteiger partial charge in [0.2, 0.25) is 0 Å². The number of halogens is 4. The van der Waals surface area contributed by atoms with Gasteiger partial charge in [0.05, 0.1) is 58.0 Å². The van der Waals surface area contributed by atoms with Crippen molar-refractivity contribution in [2.75, 3.05) is 0 Å². The molecule has 0 aliphatic heterocycles. The summed E-state index contributed by atoms with van der Waals surface area (Å²) in [6, 6.07) is 32.2. The van der Waals surface area contributed by atoms with Crippen molar-refractivity contribution in [3.05, 3.63) is 143 Å². The molecule has 0 aliphatic carbocycles. The number of aliphatic imine (C=N–C) groups is 2. The van der Waals surface area contributed by atoms with Gasteiger partial charge in [0, 0.05) is 46.5 Å². The number of aryl methyl sites for hydroxylation is 4. The summed E-state index contributed by atoms with van der Waals surface area (Å²) in [6.07, 6.45) is 7.20. The molecule has 0 atom stereocenters. The quantitative estimate of drug-likeness (QED) is 0.119. The van der Waals surface area contributed by atoms with Gasteiger partial charge >= 0.3 is 0 Å². The summed E-state index contributed by atoms with van der Waals surface area (Å²) in [7, 11) is 0. The van der Waals surface area contributed by atoms with E-state index in [0.717, 1.165) is 78.9 Å². The van der Waals surface area contributed by atoms with Crippen molar-refractivity contribution in [3.63, 3.8) is 0 Å². The number of rotatable bonds is 7. The monoisotopic (exact) mass is 828 g/mol. The fourth-order valence-electron chi connectivity index (χ4n) is 5.27. The molecule has 0 amide bonds. The van der Waals surface area contributed by atoms with Crippen LogP contribution >= 0.6 is 49.6 Å². The third-order valence-corrected chi connectivity index (χ3v) is 7.36. The van der Waals surface area contributed by atoms with E-state index in [1.807, 2.05) is 85.2 Å². The zero-order valence-electron chi connectivity index (χ0n) is 27.6. The van der Waals surface area contributed by atoms with Crippen LogP contribution in [0.25, 0.3) is 33.9 Å². The van der Waals surface area contributed by atoms with Crippen LogP contribution in [-0.4, -0.2) is 32.4 Å².